The summed E-state index contributed by atoms with van der Waals surface area (Å²) in [6.07, 6.45) is -0.674. The second-order valence-electron chi connectivity index (χ2n) is 4.47. The van der Waals surface area contributed by atoms with Crippen molar-refractivity contribution in [3.05, 3.63) is 34.9 Å². The van der Waals surface area contributed by atoms with Gasteiger partial charge < -0.3 is 9.47 Å². The molecule has 1 aliphatic rings. The lowest BCUT2D eigenvalue weighted by molar-refractivity contribution is -0.151. The minimum Gasteiger partial charge on any atom is -0.355 e. The van der Waals surface area contributed by atoms with E-state index in [1.165, 1.54) is 26.0 Å². The summed E-state index contributed by atoms with van der Waals surface area (Å²) < 4.78 is 11.2. The molecule has 21 heavy (non-hydrogen) atoms. The number of rotatable bonds is 5. The molecule has 0 N–H and O–H groups in total. The van der Waals surface area contributed by atoms with Crippen molar-refractivity contribution >= 4 is 45.8 Å². The maximum atomic E-state index is 12.8. The summed E-state index contributed by atoms with van der Waals surface area (Å²) in [5.74, 6) is 0.137. The smallest absolute Gasteiger partial charge is 0.240 e. The van der Waals surface area contributed by atoms with Crippen LogP contribution < -0.4 is 0 Å². The Morgan fingerprint density at radius 1 is 1.33 bits per heavy atom. The topological polar surface area (TPSA) is 38.8 Å². The van der Waals surface area contributed by atoms with Crippen LogP contribution in [-0.2, 0) is 14.3 Å². The van der Waals surface area contributed by atoms with Crippen LogP contribution >= 0.6 is 35.6 Å². The van der Waals surface area contributed by atoms with Gasteiger partial charge in [-0.15, -0.1) is 0 Å². The van der Waals surface area contributed by atoms with Crippen molar-refractivity contribution in [1.29, 1.82) is 0 Å². The van der Waals surface area contributed by atoms with E-state index in [0.717, 1.165) is 11.3 Å². The van der Waals surface area contributed by atoms with Crippen LogP contribution in [-0.4, -0.2) is 47.9 Å². The molecule has 0 radical (unpaired) electrons. The Balaban J connectivity index is 2.33. The summed E-state index contributed by atoms with van der Waals surface area (Å²) in [4.78, 5) is 14.4. The number of carbonyl (C=O) groups excluding carboxylic acids is 1. The van der Waals surface area contributed by atoms with Gasteiger partial charge in [0.15, 0.2) is 6.29 Å². The highest BCUT2D eigenvalue weighted by Crippen LogP contribution is 2.29. The van der Waals surface area contributed by atoms with Crippen LogP contribution in [0.1, 0.15) is 11.5 Å². The molecular formula is C14H16ClNO3S2. The average Bonchev–Trinajstić information content (AvgIpc) is 2.91. The van der Waals surface area contributed by atoms with Crippen LogP contribution in [0, 0.1) is 0 Å². The molecule has 1 saturated heterocycles. The van der Waals surface area contributed by atoms with Crippen molar-refractivity contribution in [1.82, 2.24) is 4.90 Å². The SMILES string of the molecule is COC(OC)[C@H](C(=O)N1CCSC1=S)c1ccc(Cl)cc1. The molecule has 1 fully saturated rings. The van der Waals surface area contributed by atoms with Gasteiger partial charge in [0.25, 0.3) is 0 Å². The third-order valence-electron chi connectivity index (χ3n) is 3.26. The molecule has 0 saturated carbocycles. The van der Waals surface area contributed by atoms with Crippen molar-refractivity contribution in [3.8, 4) is 0 Å². The zero-order valence-corrected chi connectivity index (χ0v) is 14.1. The van der Waals surface area contributed by atoms with Crippen molar-refractivity contribution in [2.45, 2.75) is 12.2 Å². The predicted molar refractivity (Wildman–Crippen MR) is 88.8 cm³/mol. The predicted octanol–water partition coefficient (Wildman–Crippen LogP) is 2.90. The molecule has 0 aliphatic carbocycles. The van der Waals surface area contributed by atoms with Crippen LogP contribution in [0.2, 0.25) is 5.02 Å². The van der Waals surface area contributed by atoms with Gasteiger partial charge in [0.2, 0.25) is 5.91 Å². The Hall–Kier alpha value is -0.660. The van der Waals surface area contributed by atoms with Gasteiger partial charge in [-0.2, -0.15) is 0 Å². The first-order valence-electron chi connectivity index (χ1n) is 6.37. The number of hydrogen-bond donors (Lipinski definition) is 0. The number of nitrogens with zero attached hydrogens (tertiary/aromatic N) is 1. The van der Waals surface area contributed by atoms with Crippen LogP contribution in [0.4, 0.5) is 0 Å². The Labute approximate surface area is 138 Å². The molecule has 2 rings (SSSR count). The normalized spacial score (nSPS) is 16.6. The Morgan fingerprint density at radius 2 is 1.95 bits per heavy atom. The summed E-state index contributed by atoms with van der Waals surface area (Å²) in [6.45, 7) is 0.618. The largest absolute Gasteiger partial charge is 0.355 e. The van der Waals surface area contributed by atoms with E-state index in [4.69, 9.17) is 33.3 Å². The summed E-state index contributed by atoms with van der Waals surface area (Å²) in [5.41, 5.74) is 0.790. The van der Waals surface area contributed by atoms with Crippen LogP contribution in [0.15, 0.2) is 24.3 Å². The Kier molecular flexibility index (Phi) is 6.01. The number of ether oxygens (including phenoxy) is 2. The molecule has 1 aromatic carbocycles. The number of methoxy groups -OCH3 is 2. The molecule has 1 amide bonds. The summed E-state index contributed by atoms with van der Waals surface area (Å²) in [6, 6.07) is 7.11. The minimum atomic E-state index is -0.674. The van der Waals surface area contributed by atoms with E-state index in [2.05, 4.69) is 0 Å². The quantitative estimate of drug-likeness (QED) is 0.606. The van der Waals surface area contributed by atoms with E-state index in [-0.39, 0.29) is 5.91 Å². The lowest BCUT2D eigenvalue weighted by Gasteiger charge is -2.28. The van der Waals surface area contributed by atoms with E-state index < -0.39 is 12.2 Å². The fourth-order valence-corrected chi connectivity index (χ4v) is 3.56. The third kappa shape index (κ3) is 3.76. The summed E-state index contributed by atoms with van der Waals surface area (Å²) in [7, 11) is 3.03. The Bertz CT molecular complexity index is 519. The van der Waals surface area contributed by atoms with E-state index in [1.807, 2.05) is 12.1 Å². The molecule has 1 heterocycles. The highest BCUT2D eigenvalue weighted by molar-refractivity contribution is 8.23. The molecule has 7 heteroatoms. The van der Waals surface area contributed by atoms with Gasteiger partial charge in [-0.1, -0.05) is 47.7 Å². The number of carbonyl (C=O) groups is 1. The van der Waals surface area contributed by atoms with Gasteiger partial charge in [-0.05, 0) is 17.7 Å². The maximum Gasteiger partial charge on any atom is 0.240 e. The standard InChI is InChI=1S/C14H16ClNO3S2/c1-18-13(19-2)11(9-3-5-10(15)6-4-9)12(17)16-7-8-21-14(16)20/h3-6,11,13H,7-8H2,1-2H3/t11-/m0/s1. The van der Waals surface area contributed by atoms with Crippen molar-refractivity contribution in [3.63, 3.8) is 0 Å². The Morgan fingerprint density at radius 3 is 2.43 bits per heavy atom. The first-order chi connectivity index (χ1) is 10.1. The first-order valence-corrected chi connectivity index (χ1v) is 8.15. The molecule has 114 valence electrons. The fourth-order valence-electron chi connectivity index (χ4n) is 2.22. The van der Waals surface area contributed by atoms with Crippen molar-refractivity contribution in [2.75, 3.05) is 26.5 Å². The van der Waals surface area contributed by atoms with E-state index in [9.17, 15) is 4.79 Å². The van der Waals surface area contributed by atoms with Gasteiger partial charge >= 0.3 is 0 Å². The summed E-state index contributed by atoms with van der Waals surface area (Å²) in [5, 5.41) is 0.614. The third-order valence-corrected chi connectivity index (χ3v) is 4.94. The molecule has 1 aliphatic heterocycles. The lowest BCUT2D eigenvalue weighted by Crippen LogP contribution is -2.41. The molecule has 0 unspecified atom stereocenters. The monoisotopic (exact) mass is 345 g/mol. The zero-order valence-electron chi connectivity index (χ0n) is 11.7. The molecule has 0 spiro atoms. The number of thioether (sulfide) groups is 1. The fraction of sp³-hybridized carbons (Fsp3) is 0.429. The van der Waals surface area contributed by atoms with E-state index in [0.29, 0.717) is 15.9 Å². The lowest BCUT2D eigenvalue weighted by atomic mass is 9.97. The molecule has 0 aromatic heterocycles. The molecular weight excluding hydrogens is 330 g/mol. The number of benzene rings is 1. The number of thiocarbonyl (C=S) groups is 1. The first kappa shape index (κ1) is 16.7. The highest BCUT2D eigenvalue weighted by Gasteiger charge is 2.36. The second-order valence-corrected chi connectivity index (χ2v) is 6.64. The second kappa shape index (κ2) is 7.56. The minimum absolute atomic E-state index is 0.110. The van der Waals surface area contributed by atoms with Crippen LogP contribution in [0.25, 0.3) is 0 Å². The van der Waals surface area contributed by atoms with Gasteiger partial charge in [0.1, 0.15) is 10.2 Å². The number of halogens is 1. The van der Waals surface area contributed by atoms with Gasteiger partial charge in [-0.3, -0.25) is 9.69 Å². The maximum absolute atomic E-state index is 12.8. The van der Waals surface area contributed by atoms with Crippen molar-refractivity contribution in [2.24, 2.45) is 0 Å². The molecule has 0 bridgehead atoms. The van der Waals surface area contributed by atoms with Crippen molar-refractivity contribution < 1.29 is 14.3 Å². The van der Waals surface area contributed by atoms with Crippen LogP contribution in [0.5, 0.6) is 0 Å². The average molecular weight is 346 g/mol. The highest BCUT2D eigenvalue weighted by atomic mass is 35.5. The number of hydrogen-bond acceptors (Lipinski definition) is 5. The zero-order chi connectivity index (χ0) is 15.4. The number of amides is 1. The van der Waals surface area contributed by atoms with Gasteiger partial charge in [-0.25, -0.2) is 0 Å². The molecule has 1 atom stereocenters. The van der Waals surface area contributed by atoms with Gasteiger partial charge in [0, 0.05) is 31.5 Å². The van der Waals surface area contributed by atoms with Gasteiger partial charge in [0.05, 0.1) is 0 Å². The van der Waals surface area contributed by atoms with E-state index >= 15 is 0 Å². The molecule has 1 aromatic rings. The van der Waals surface area contributed by atoms with E-state index in [1.54, 1.807) is 17.0 Å². The molecule has 4 nitrogen and oxygen atoms in total. The van der Waals surface area contributed by atoms with Crippen LogP contribution in [0.3, 0.4) is 0 Å². The summed E-state index contributed by atoms with van der Waals surface area (Å²) >= 11 is 12.7.